The summed E-state index contributed by atoms with van der Waals surface area (Å²) in [5.74, 6) is -0.361. The normalized spacial score (nSPS) is 11.3. The highest BCUT2D eigenvalue weighted by Gasteiger charge is 2.32. The Labute approximate surface area is 206 Å². The van der Waals surface area contributed by atoms with E-state index in [0.717, 1.165) is 13.2 Å². The summed E-state index contributed by atoms with van der Waals surface area (Å²) in [5.41, 5.74) is -0.254. The SMILES string of the molecule is COC(=O)c1cc(NC(=O)Nc2ccc(Oc3ncnc4ccn(C)c34)cc2Cl)cc(C(F)(F)F)c1. The maximum atomic E-state index is 13.2. The highest BCUT2D eigenvalue weighted by Crippen LogP contribution is 2.33. The molecule has 4 rings (SSSR count). The molecule has 0 atom stereocenters. The van der Waals surface area contributed by atoms with Gasteiger partial charge in [-0.25, -0.2) is 14.6 Å². The summed E-state index contributed by atoms with van der Waals surface area (Å²) in [6.45, 7) is 0. The van der Waals surface area contributed by atoms with Crippen LogP contribution in [-0.2, 0) is 18.0 Å². The minimum atomic E-state index is -4.75. The smallest absolute Gasteiger partial charge is 0.416 e. The van der Waals surface area contributed by atoms with Gasteiger partial charge in [0.25, 0.3) is 0 Å². The number of carbonyl (C=O) groups excluding carboxylic acids is 2. The number of rotatable bonds is 5. The maximum absolute atomic E-state index is 13.2. The molecule has 0 aliphatic carbocycles. The Morgan fingerprint density at radius 3 is 2.53 bits per heavy atom. The average molecular weight is 520 g/mol. The highest BCUT2D eigenvalue weighted by molar-refractivity contribution is 6.34. The number of nitrogens with one attached hydrogen (secondary N) is 2. The van der Waals surface area contributed by atoms with Crippen molar-refractivity contribution in [2.45, 2.75) is 6.18 Å². The van der Waals surface area contributed by atoms with Crippen LogP contribution >= 0.6 is 11.6 Å². The molecule has 4 aromatic rings. The van der Waals surface area contributed by atoms with Gasteiger partial charge in [-0.05, 0) is 36.4 Å². The number of methoxy groups -OCH3 is 1. The topological polar surface area (TPSA) is 107 Å². The number of nitrogens with zero attached hydrogens (tertiary/aromatic N) is 3. The molecule has 0 aliphatic heterocycles. The van der Waals surface area contributed by atoms with Crippen molar-refractivity contribution in [3.63, 3.8) is 0 Å². The fourth-order valence-corrected chi connectivity index (χ4v) is 3.53. The number of ether oxygens (including phenoxy) is 2. The van der Waals surface area contributed by atoms with E-state index in [1.165, 1.54) is 24.5 Å². The van der Waals surface area contributed by atoms with Gasteiger partial charge in [-0.2, -0.15) is 18.2 Å². The Morgan fingerprint density at radius 2 is 1.83 bits per heavy atom. The van der Waals surface area contributed by atoms with Gasteiger partial charge >= 0.3 is 18.2 Å². The molecule has 0 bridgehead atoms. The number of hydrogen-bond acceptors (Lipinski definition) is 6. The molecule has 9 nitrogen and oxygen atoms in total. The summed E-state index contributed by atoms with van der Waals surface area (Å²) in [7, 11) is 2.85. The molecule has 2 heterocycles. The van der Waals surface area contributed by atoms with Crippen molar-refractivity contribution in [1.29, 1.82) is 0 Å². The fraction of sp³-hybridized carbons (Fsp3) is 0.130. The van der Waals surface area contributed by atoms with Gasteiger partial charge < -0.3 is 24.7 Å². The summed E-state index contributed by atoms with van der Waals surface area (Å²) < 4.78 is 51.8. The van der Waals surface area contributed by atoms with E-state index < -0.39 is 23.7 Å². The van der Waals surface area contributed by atoms with E-state index in [0.29, 0.717) is 34.8 Å². The highest BCUT2D eigenvalue weighted by atomic mass is 35.5. The lowest BCUT2D eigenvalue weighted by atomic mass is 10.1. The van der Waals surface area contributed by atoms with Crippen molar-refractivity contribution in [3.05, 3.63) is 71.1 Å². The molecule has 2 N–H and O–H groups in total. The summed E-state index contributed by atoms with van der Waals surface area (Å²) in [5, 5.41) is 4.80. The van der Waals surface area contributed by atoms with E-state index in [1.54, 1.807) is 10.6 Å². The minimum absolute atomic E-state index is 0.0964. The van der Waals surface area contributed by atoms with Crippen molar-refractivity contribution >= 4 is 46.0 Å². The molecule has 0 fully saturated rings. The zero-order valence-electron chi connectivity index (χ0n) is 18.7. The number of amides is 2. The number of hydrogen-bond donors (Lipinski definition) is 2. The number of fused-ring (bicyclic) bond motifs is 1. The summed E-state index contributed by atoms with van der Waals surface area (Å²) >= 11 is 6.27. The molecule has 0 spiro atoms. The monoisotopic (exact) mass is 519 g/mol. The molecule has 0 saturated heterocycles. The number of aryl methyl sites for hydroxylation is 1. The summed E-state index contributed by atoms with van der Waals surface area (Å²) in [4.78, 5) is 32.5. The number of urea groups is 1. The quantitative estimate of drug-likeness (QED) is 0.320. The lowest BCUT2D eigenvalue weighted by molar-refractivity contribution is -0.137. The molecular weight excluding hydrogens is 503 g/mol. The van der Waals surface area contributed by atoms with E-state index in [1.807, 2.05) is 13.2 Å². The van der Waals surface area contributed by atoms with Crippen molar-refractivity contribution in [2.75, 3.05) is 17.7 Å². The van der Waals surface area contributed by atoms with Crippen LogP contribution < -0.4 is 15.4 Å². The van der Waals surface area contributed by atoms with E-state index >= 15 is 0 Å². The van der Waals surface area contributed by atoms with Gasteiger partial charge in [0.1, 0.15) is 17.6 Å². The number of esters is 1. The van der Waals surface area contributed by atoms with Crippen molar-refractivity contribution in [2.24, 2.45) is 7.05 Å². The van der Waals surface area contributed by atoms with Crippen LogP contribution in [0.25, 0.3) is 11.0 Å². The molecule has 186 valence electrons. The second-order valence-electron chi connectivity index (χ2n) is 7.45. The van der Waals surface area contributed by atoms with E-state index in [4.69, 9.17) is 16.3 Å². The summed E-state index contributed by atoms with van der Waals surface area (Å²) in [6, 6.07) is 7.72. The molecule has 2 aromatic carbocycles. The van der Waals surface area contributed by atoms with Gasteiger partial charge in [0.05, 0.1) is 34.5 Å². The molecule has 0 radical (unpaired) electrons. The molecule has 0 saturated carbocycles. The van der Waals surface area contributed by atoms with Crippen LogP contribution in [0.2, 0.25) is 5.02 Å². The van der Waals surface area contributed by atoms with Crippen LogP contribution in [0.1, 0.15) is 15.9 Å². The average Bonchev–Trinajstić information content (AvgIpc) is 3.21. The van der Waals surface area contributed by atoms with Crippen LogP contribution in [-0.4, -0.2) is 33.6 Å². The molecule has 0 aliphatic rings. The minimum Gasteiger partial charge on any atom is -0.465 e. The number of aromatic nitrogens is 3. The largest absolute Gasteiger partial charge is 0.465 e. The van der Waals surface area contributed by atoms with Crippen molar-refractivity contribution in [3.8, 4) is 11.6 Å². The molecule has 2 amide bonds. The van der Waals surface area contributed by atoms with Gasteiger partial charge in [-0.3, -0.25) is 0 Å². The standard InChI is InChI=1S/C23H17ClF3N5O4/c1-32-6-5-18-19(32)20(29-11-28-18)36-15-3-4-17(16(24)10-15)31-22(34)30-14-8-12(21(33)35-2)7-13(9-14)23(25,26)27/h3-11H,1-2H3,(H2,30,31,34). The third-order valence-corrected chi connectivity index (χ3v) is 5.28. The van der Waals surface area contributed by atoms with Crippen LogP contribution in [0.3, 0.4) is 0 Å². The zero-order chi connectivity index (χ0) is 26.0. The van der Waals surface area contributed by atoms with Crippen LogP contribution in [0.5, 0.6) is 11.6 Å². The second kappa shape index (κ2) is 9.74. The first-order chi connectivity index (χ1) is 17.0. The van der Waals surface area contributed by atoms with E-state index in [2.05, 4.69) is 25.3 Å². The molecule has 0 unspecified atom stereocenters. The zero-order valence-corrected chi connectivity index (χ0v) is 19.4. The van der Waals surface area contributed by atoms with Gasteiger partial charge in [0, 0.05) is 25.0 Å². The van der Waals surface area contributed by atoms with Crippen LogP contribution in [0.15, 0.2) is 55.0 Å². The Hall–Kier alpha value is -4.32. The Kier molecular flexibility index (Phi) is 6.71. The predicted octanol–water partition coefficient (Wildman–Crippen LogP) is 5.86. The maximum Gasteiger partial charge on any atom is 0.416 e. The lowest BCUT2D eigenvalue weighted by Crippen LogP contribution is -2.20. The number of anilines is 2. The first-order valence-corrected chi connectivity index (χ1v) is 10.5. The van der Waals surface area contributed by atoms with Gasteiger partial charge in [0.2, 0.25) is 5.88 Å². The van der Waals surface area contributed by atoms with Gasteiger partial charge in [-0.1, -0.05) is 11.6 Å². The van der Waals surface area contributed by atoms with E-state index in [-0.39, 0.29) is 22.0 Å². The van der Waals surface area contributed by atoms with Gasteiger partial charge in [0.15, 0.2) is 0 Å². The number of alkyl halides is 3. The van der Waals surface area contributed by atoms with Crippen molar-refractivity contribution in [1.82, 2.24) is 14.5 Å². The molecule has 13 heteroatoms. The fourth-order valence-electron chi connectivity index (χ4n) is 3.32. The number of carbonyl (C=O) groups is 2. The summed E-state index contributed by atoms with van der Waals surface area (Å²) in [6.07, 6.45) is -1.58. The Morgan fingerprint density at radius 1 is 1.06 bits per heavy atom. The van der Waals surface area contributed by atoms with Crippen LogP contribution in [0.4, 0.5) is 29.3 Å². The van der Waals surface area contributed by atoms with Gasteiger partial charge in [-0.15, -0.1) is 0 Å². The molecule has 2 aromatic heterocycles. The first-order valence-electron chi connectivity index (χ1n) is 10.2. The molecule has 36 heavy (non-hydrogen) atoms. The van der Waals surface area contributed by atoms with Crippen molar-refractivity contribution < 1.29 is 32.2 Å². The lowest BCUT2D eigenvalue weighted by Gasteiger charge is -2.14. The number of benzene rings is 2. The Balaban J connectivity index is 1.51. The van der Waals surface area contributed by atoms with Crippen LogP contribution in [0, 0.1) is 0 Å². The first kappa shape index (κ1) is 24.8. The predicted molar refractivity (Wildman–Crippen MR) is 125 cm³/mol. The number of halogens is 4. The third-order valence-electron chi connectivity index (χ3n) is 4.97. The third kappa shape index (κ3) is 5.33. The Bertz CT molecular complexity index is 1470. The second-order valence-corrected chi connectivity index (χ2v) is 7.86. The molecular formula is C23H17ClF3N5O4. The van der Waals surface area contributed by atoms with E-state index in [9.17, 15) is 22.8 Å².